The number of thioether (sulfide) groups is 1. The van der Waals surface area contributed by atoms with E-state index in [1.807, 2.05) is 37.3 Å². The highest BCUT2D eigenvalue weighted by Crippen LogP contribution is 2.21. The Morgan fingerprint density at radius 2 is 1.85 bits per heavy atom. The van der Waals surface area contributed by atoms with Crippen LogP contribution in [0.25, 0.3) is 0 Å². The summed E-state index contributed by atoms with van der Waals surface area (Å²) >= 11 is 13.5. The molecule has 0 aliphatic rings. The van der Waals surface area contributed by atoms with Gasteiger partial charge in [0.1, 0.15) is 0 Å². The topological polar surface area (TPSA) is 55.4 Å². The normalized spacial score (nSPS) is 10.4. The molecule has 0 radical (unpaired) electrons. The molecule has 2 aromatic carbocycles. The third-order valence-electron chi connectivity index (χ3n) is 3.43. The first kappa shape index (κ1) is 20.6. The standard InChI is InChI=1S/C19H19Cl2NO3S/c1-13-4-7-15(11-17(13)21)22-18(23)12-25-19(24)3-2-10-26-16-8-5-14(20)6-9-16/h4-9,11H,2-3,10,12H2,1H3,(H,22,23). The summed E-state index contributed by atoms with van der Waals surface area (Å²) < 4.78 is 4.99. The fourth-order valence-electron chi connectivity index (χ4n) is 2.02. The molecule has 0 aromatic heterocycles. The van der Waals surface area contributed by atoms with Crippen LogP contribution in [-0.4, -0.2) is 24.2 Å². The van der Waals surface area contributed by atoms with E-state index in [1.54, 1.807) is 23.9 Å². The first-order valence-corrected chi connectivity index (χ1v) is 9.78. The van der Waals surface area contributed by atoms with Gasteiger partial charge in [-0.2, -0.15) is 0 Å². The number of aryl methyl sites for hydroxylation is 1. The zero-order chi connectivity index (χ0) is 18.9. The Balaban J connectivity index is 1.62. The van der Waals surface area contributed by atoms with Gasteiger partial charge in [0, 0.05) is 27.0 Å². The number of esters is 1. The molecule has 0 saturated heterocycles. The van der Waals surface area contributed by atoms with Crippen LogP contribution in [0.5, 0.6) is 0 Å². The molecule has 2 rings (SSSR count). The number of hydrogen-bond donors (Lipinski definition) is 1. The Morgan fingerprint density at radius 3 is 2.54 bits per heavy atom. The Bertz CT molecular complexity index is 766. The van der Waals surface area contributed by atoms with Crippen molar-refractivity contribution < 1.29 is 14.3 Å². The molecule has 1 N–H and O–H groups in total. The summed E-state index contributed by atoms with van der Waals surface area (Å²) in [6.45, 7) is 1.57. The van der Waals surface area contributed by atoms with E-state index in [9.17, 15) is 9.59 Å². The molecule has 0 aliphatic heterocycles. The van der Waals surface area contributed by atoms with Gasteiger partial charge >= 0.3 is 5.97 Å². The predicted octanol–water partition coefficient (Wildman–Crippen LogP) is 5.36. The van der Waals surface area contributed by atoms with Crippen molar-refractivity contribution in [3.05, 3.63) is 58.1 Å². The Kier molecular flexibility index (Phi) is 8.29. The number of anilines is 1. The van der Waals surface area contributed by atoms with E-state index < -0.39 is 11.9 Å². The van der Waals surface area contributed by atoms with Crippen molar-refractivity contribution in [2.75, 3.05) is 17.7 Å². The van der Waals surface area contributed by atoms with E-state index >= 15 is 0 Å². The number of halogens is 2. The van der Waals surface area contributed by atoms with Crippen LogP contribution in [0, 0.1) is 6.92 Å². The zero-order valence-corrected chi connectivity index (χ0v) is 16.6. The number of nitrogens with one attached hydrogen (secondary N) is 1. The van der Waals surface area contributed by atoms with Gasteiger partial charge in [-0.15, -0.1) is 11.8 Å². The second-order valence-electron chi connectivity index (χ2n) is 5.58. The van der Waals surface area contributed by atoms with Crippen LogP contribution in [-0.2, 0) is 14.3 Å². The maximum absolute atomic E-state index is 11.8. The lowest BCUT2D eigenvalue weighted by molar-refractivity contribution is -0.147. The number of ether oxygens (including phenoxy) is 1. The number of hydrogen-bond acceptors (Lipinski definition) is 4. The first-order valence-electron chi connectivity index (χ1n) is 8.04. The van der Waals surface area contributed by atoms with Gasteiger partial charge in [0.15, 0.2) is 6.61 Å². The van der Waals surface area contributed by atoms with E-state index in [2.05, 4.69) is 5.32 Å². The van der Waals surface area contributed by atoms with E-state index in [-0.39, 0.29) is 13.0 Å². The van der Waals surface area contributed by atoms with E-state index in [4.69, 9.17) is 27.9 Å². The molecule has 0 unspecified atom stereocenters. The number of amides is 1. The van der Waals surface area contributed by atoms with Gasteiger partial charge in [0.2, 0.25) is 0 Å². The maximum Gasteiger partial charge on any atom is 0.306 e. The Hall–Kier alpha value is -1.69. The van der Waals surface area contributed by atoms with Crippen LogP contribution in [0.3, 0.4) is 0 Å². The molecule has 0 saturated carbocycles. The predicted molar refractivity (Wildman–Crippen MR) is 107 cm³/mol. The van der Waals surface area contributed by atoms with Gasteiger partial charge in [-0.05, 0) is 61.1 Å². The monoisotopic (exact) mass is 411 g/mol. The summed E-state index contributed by atoms with van der Waals surface area (Å²) in [5.41, 5.74) is 1.49. The van der Waals surface area contributed by atoms with Crippen molar-refractivity contribution in [2.45, 2.75) is 24.7 Å². The molecule has 0 fully saturated rings. The van der Waals surface area contributed by atoms with Crippen LogP contribution in [0.15, 0.2) is 47.4 Å². The summed E-state index contributed by atoms with van der Waals surface area (Å²) in [6.07, 6.45) is 0.936. The summed E-state index contributed by atoms with van der Waals surface area (Å²) in [4.78, 5) is 24.6. The minimum Gasteiger partial charge on any atom is -0.456 e. The van der Waals surface area contributed by atoms with Crippen molar-refractivity contribution >= 4 is 52.5 Å². The molecule has 0 atom stereocenters. The summed E-state index contributed by atoms with van der Waals surface area (Å²) in [7, 11) is 0. The van der Waals surface area contributed by atoms with Gasteiger partial charge in [0.05, 0.1) is 0 Å². The molecule has 26 heavy (non-hydrogen) atoms. The van der Waals surface area contributed by atoms with Gasteiger partial charge in [-0.25, -0.2) is 0 Å². The van der Waals surface area contributed by atoms with Crippen molar-refractivity contribution in [1.29, 1.82) is 0 Å². The molecule has 0 heterocycles. The number of rotatable bonds is 8. The fourth-order valence-corrected chi connectivity index (χ4v) is 3.18. The van der Waals surface area contributed by atoms with Crippen molar-refractivity contribution in [1.82, 2.24) is 0 Å². The largest absolute Gasteiger partial charge is 0.456 e. The molecule has 0 spiro atoms. The minimum atomic E-state index is -0.395. The molecule has 1 amide bonds. The highest BCUT2D eigenvalue weighted by Gasteiger charge is 2.09. The van der Waals surface area contributed by atoms with Gasteiger partial charge in [-0.3, -0.25) is 9.59 Å². The SMILES string of the molecule is Cc1ccc(NC(=O)COC(=O)CCCSc2ccc(Cl)cc2)cc1Cl. The Labute approximate surface area is 167 Å². The fraction of sp³-hybridized carbons (Fsp3) is 0.263. The van der Waals surface area contributed by atoms with Crippen LogP contribution in [0.1, 0.15) is 18.4 Å². The van der Waals surface area contributed by atoms with E-state index in [0.717, 1.165) is 16.2 Å². The Morgan fingerprint density at radius 1 is 1.12 bits per heavy atom. The second kappa shape index (κ2) is 10.5. The third-order valence-corrected chi connectivity index (χ3v) is 5.18. The van der Waals surface area contributed by atoms with E-state index in [1.165, 1.54) is 0 Å². The van der Waals surface area contributed by atoms with Crippen LogP contribution >= 0.6 is 35.0 Å². The van der Waals surface area contributed by atoms with E-state index in [0.29, 0.717) is 22.2 Å². The van der Waals surface area contributed by atoms with Gasteiger partial charge in [-0.1, -0.05) is 29.3 Å². The van der Waals surface area contributed by atoms with Crippen LogP contribution < -0.4 is 5.32 Å². The molecule has 4 nitrogen and oxygen atoms in total. The van der Waals surface area contributed by atoms with Crippen molar-refractivity contribution in [3.63, 3.8) is 0 Å². The zero-order valence-electron chi connectivity index (χ0n) is 14.3. The average molecular weight is 412 g/mol. The van der Waals surface area contributed by atoms with Crippen molar-refractivity contribution in [2.24, 2.45) is 0 Å². The lowest BCUT2D eigenvalue weighted by atomic mass is 10.2. The maximum atomic E-state index is 11.8. The average Bonchev–Trinajstić information content (AvgIpc) is 2.61. The lowest BCUT2D eigenvalue weighted by Crippen LogP contribution is -2.20. The summed E-state index contributed by atoms with van der Waals surface area (Å²) in [5.74, 6) is -0.00209. The second-order valence-corrected chi connectivity index (χ2v) is 7.59. The quantitative estimate of drug-likeness (QED) is 0.361. The third kappa shape index (κ3) is 7.28. The molecule has 0 bridgehead atoms. The van der Waals surface area contributed by atoms with Crippen LogP contribution in [0.4, 0.5) is 5.69 Å². The molecule has 2 aromatic rings. The van der Waals surface area contributed by atoms with Gasteiger partial charge in [0.25, 0.3) is 5.91 Å². The molecular formula is C19H19Cl2NO3S. The van der Waals surface area contributed by atoms with Crippen LogP contribution in [0.2, 0.25) is 10.0 Å². The van der Waals surface area contributed by atoms with Gasteiger partial charge < -0.3 is 10.1 Å². The number of benzene rings is 2. The number of carbonyl (C=O) groups excluding carboxylic acids is 2. The summed E-state index contributed by atoms with van der Waals surface area (Å²) in [5, 5.41) is 3.91. The molecular weight excluding hydrogens is 393 g/mol. The molecule has 7 heteroatoms. The lowest BCUT2D eigenvalue weighted by Gasteiger charge is -2.08. The molecule has 0 aliphatic carbocycles. The highest BCUT2D eigenvalue weighted by molar-refractivity contribution is 7.99. The minimum absolute atomic E-state index is 0.268. The highest BCUT2D eigenvalue weighted by atomic mass is 35.5. The molecule has 138 valence electrons. The smallest absolute Gasteiger partial charge is 0.306 e. The first-order chi connectivity index (χ1) is 12.4. The van der Waals surface area contributed by atoms with Crippen molar-refractivity contribution in [3.8, 4) is 0 Å². The number of carbonyl (C=O) groups is 2. The summed E-state index contributed by atoms with van der Waals surface area (Å²) in [6, 6.07) is 12.7.